The Morgan fingerprint density at radius 2 is 1.75 bits per heavy atom. The van der Waals surface area contributed by atoms with Crippen LogP contribution >= 0.6 is 23.2 Å². The molecule has 0 fully saturated rings. The number of hydrogen-bond donors (Lipinski definition) is 2. The van der Waals surface area contributed by atoms with Crippen molar-refractivity contribution in [1.82, 2.24) is 4.98 Å². The summed E-state index contributed by atoms with van der Waals surface area (Å²) in [5.74, 6) is -0.266. The molecule has 1 aromatic heterocycles. The molecule has 106 valence electrons. The van der Waals surface area contributed by atoms with Crippen LogP contribution in [0.3, 0.4) is 0 Å². The van der Waals surface area contributed by atoms with Crippen molar-refractivity contribution in [2.75, 3.05) is 11.1 Å². The van der Waals surface area contributed by atoms with E-state index in [1.54, 1.807) is 6.07 Å². The van der Waals surface area contributed by atoms with Gasteiger partial charge in [0, 0.05) is 5.69 Å². The zero-order valence-electron chi connectivity index (χ0n) is 9.80. The predicted octanol–water partition coefficient (Wildman–Crippen LogP) is 4.73. The van der Waals surface area contributed by atoms with Crippen LogP contribution in [-0.4, -0.2) is 4.98 Å². The summed E-state index contributed by atoms with van der Waals surface area (Å²) in [6, 6.07) is 6.18. The Kier molecular flexibility index (Phi) is 3.96. The quantitative estimate of drug-likeness (QED) is 0.840. The first kappa shape index (κ1) is 14.7. The van der Waals surface area contributed by atoms with E-state index < -0.39 is 11.7 Å². The third-order valence-electron chi connectivity index (χ3n) is 2.36. The number of benzene rings is 1. The molecule has 0 unspecified atom stereocenters. The fourth-order valence-electron chi connectivity index (χ4n) is 1.50. The molecule has 3 N–H and O–H groups in total. The van der Waals surface area contributed by atoms with Gasteiger partial charge in [-0.1, -0.05) is 23.2 Å². The number of aromatic nitrogens is 1. The summed E-state index contributed by atoms with van der Waals surface area (Å²) < 4.78 is 38.0. The third-order valence-corrected chi connectivity index (χ3v) is 3.10. The third kappa shape index (κ3) is 3.46. The highest BCUT2D eigenvalue weighted by atomic mass is 35.5. The number of nitrogens with zero attached hydrogens (tertiary/aromatic N) is 1. The molecule has 0 aliphatic heterocycles. The van der Waals surface area contributed by atoms with Crippen molar-refractivity contribution in [2.45, 2.75) is 6.18 Å². The summed E-state index contributed by atoms with van der Waals surface area (Å²) >= 11 is 11.6. The number of anilines is 3. The van der Waals surface area contributed by atoms with E-state index in [2.05, 4.69) is 10.3 Å². The van der Waals surface area contributed by atoms with Gasteiger partial charge in [0.25, 0.3) is 0 Å². The van der Waals surface area contributed by atoms with E-state index in [4.69, 9.17) is 28.9 Å². The summed E-state index contributed by atoms with van der Waals surface area (Å²) in [5, 5.41) is 3.31. The van der Waals surface area contributed by atoms with E-state index in [1.165, 1.54) is 12.1 Å². The number of hydrogen-bond acceptors (Lipinski definition) is 3. The molecule has 0 saturated carbocycles. The second-order valence-electron chi connectivity index (χ2n) is 3.92. The maximum atomic E-state index is 12.7. The van der Waals surface area contributed by atoms with E-state index >= 15 is 0 Å². The normalized spacial score (nSPS) is 11.4. The molecular weight excluding hydrogens is 314 g/mol. The topological polar surface area (TPSA) is 50.9 Å². The smallest absolute Gasteiger partial charge is 0.384 e. The lowest BCUT2D eigenvalue weighted by atomic mass is 10.2. The first-order valence-corrected chi connectivity index (χ1v) is 6.08. The zero-order valence-corrected chi connectivity index (χ0v) is 11.3. The number of rotatable bonds is 2. The van der Waals surface area contributed by atoms with E-state index in [1.807, 2.05) is 0 Å². The van der Waals surface area contributed by atoms with E-state index in [0.29, 0.717) is 10.7 Å². The van der Waals surface area contributed by atoms with Gasteiger partial charge in [-0.3, -0.25) is 0 Å². The molecule has 2 rings (SSSR count). The molecule has 0 aliphatic rings. The van der Waals surface area contributed by atoms with Crippen LogP contribution in [0, 0.1) is 0 Å². The lowest BCUT2D eigenvalue weighted by Crippen LogP contribution is -2.08. The lowest BCUT2D eigenvalue weighted by Gasteiger charge is -2.11. The number of alkyl halides is 3. The largest absolute Gasteiger partial charge is 0.416 e. The van der Waals surface area contributed by atoms with Gasteiger partial charge in [-0.25, -0.2) is 4.98 Å². The van der Waals surface area contributed by atoms with Gasteiger partial charge < -0.3 is 11.1 Å². The molecule has 0 aliphatic carbocycles. The molecule has 2 aromatic rings. The Morgan fingerprint density at radius 3 is 2.35 bits per heavy atom. The average molecular weight is 322 g/mol. The zero-order chi connectivity index (χ0) is 14.9. The summed E-state index contributed by atoms with van der Waals surface area (Å²) in [6.07, 6.45) is -4.49. The van der Waals surface area contributed by atoms with Crippen molar-refractivity contribution >= 4 is 40.5 Å². The summed E-state index contributed by atoms with van der Waals surface area (Å²) in [4.78, 5) is 3.79. The second kappa shape index (κ2) is 5.38. The minimum absolute atomic E-state index is 0.0317. The highest BCUT2D eigenvalue weighted by molar-refractivity contribution is 6.42. The molecular formula is C12H8Cl2F3N3. The average Bonchev–Trinajstić information content (AvgIpc) is 2.32. The SMILES string of the molecule is Nc1cc(C(F)(F)F)cc(Nc2ccc(Cl)c(Cl)c2)n1. The Labute approximate surface area is 122 Å². The fraction of sp³-hybridized carbons (Fsp3) is 0.0833. The predicted molar refractivity (Wildman–Crippen MR) is 73.4 cm³/mol. The number of nitrogens with one attached hydrogen (secondary N) is 1. The first-order valence-electron chi connectivity index (χ1n) is 5.32. The monoisotopic (exact) mass is 321 g/mol. The highest BCUT2D eigenvalue weighted by Crippen LogP contribution is 2.32. The van der Waals surface area contributed by atoms with Crippen LogP contribution in [0.15, 0.2) is 30.3 Å². The van der Waals surface area contributed by atoms with Crippen LogP contribution in [0.2, 0.25) is 10.0 Å². The molecule has 0 amide bonds. The highest BCUT2D eigenvalue weighted by Gasteiger charge is 2.31. The summed E-state index contributed by atoms with van der Waals surface area (Å²) in [7, 11) is 0. The van der Waals surface area contributed by atoms with Gasteiger partial charge in [0.1, 0.15) is 11.6 Å². The summed E-state index contributed by atoms with van der Waals surface area (Å²) in [5.41, 5.74) is 4.93. The molecule has 0 saturated heterocycles. The van der Waals surface area contributed by atoms with Gasteiger partial charge in [0.2, 0.25) is 0 Å². The minimum Gasteiger partial charge on any atom is -0.384 e. The maximum absolute atomic E-state index is 12.7. The van der Waals surface area contributed by atoms with Gasteiger partial charge in [0.15, 0.2) is 0 Å². The Morgan fingerprint density at radius 1 is 1.05 bits per heavy atom. The van der Waals surface area contributed by atoms with E-state index in [0.717, 1.165) is 12.1 Å². The second-order valence-corrected chi connectivity index (χ2v) is 4.73. The molecule has 0 atom stereocenters. The fourth-order valence-corrected chi connectivity index (χ4v) is 1.80. The van der Waals surface area contributed by atoms with Crippen LogP contribution in [0.5, 0.6) is 0 Å². The van der Waals surface area contributed by atoms with Crippen molar-refractivity contribution in [3.63, 3.8) is 0 Å². The molecule has 8 heteroatoms. The van der Waals surface area contributed by atoms with E-state index in [9.17, 15) is 13.2 Å². The van der Waals surface area contributed by atoms with Crippen LogP contribution in [-0.2, 0) is 6.18 Å². The Balaban J connectivity index is 2.33. The van der Waals surface area contributed by atoms with Crippen molar-refractivity contribution in [3.8, 4) is 0 Å². The van der Waals surface area contributed by atoms with Crippen LogP contribution < -0.4 is 11.1 Å². The molecule has 3 nitrogen and oxygen atoms in total. The minimum atomic E-state index is -4.49. The first-order chi connectivity index (χ1) is 9.25. The van der Waals surface area contributed by atoms with Gasteiger partial charge in [-0.2, -0.15) is 13.2 Å². The number of nitrogen functional groups attached to an aromatic ring is 1. The van der Waals surface area contributed by atoms with Gasteiger partial charge >= 0.3 is 6.18 Å². The Bertz CT molecular complexity index is 644. The van der Waals surface area contributed by atoms with Crippen LogP contribution in [0.25, 0.3) is 0 Å². The standard InChI is InChI=1S/C12H8Cl2F3N3/c13-8-2-1-7(5-9(8)14)19-11-4-6(12(15,16)17)3-10(18)20-11/h1-5H,(H3,18,19,20). The number of halogens is 5. The van der Waals surface area contributed by atoms with Gasteiger partial charge in [-0.15, -0.1) is 0 Å². The molecule has 0 spiro atoms. The van der Waals surface area contributed by atoms with Crippen LogP contribution in [0.4, 0.5) is 30.5 Å². The molecule has 0 bridgehead atoms. The molecule has 1 heterocycles. The van der Waals surface area contributed by atoms with Crippen molar-refractivity contribution < 1.29 is 13.2 Å². The van der Waals surface area contributed by atoms with Crippen molar-refractivity contribution in [3.05, 3.63) is 45.9 Å². The number of pyridine rings is 1. The summed E-state index contributed by atoms with van der Waals surface area (Å²) in [6.45, 7) is 0. The Hall–Kier alpha value is -1.66. The van der Waals surface area contributed by atoms with E-state index in [-0.39, 0.29) is 16.7 Å². The molecule has 0 radical (unpaired) electrons. The maximum Gasteiger partial charge on any atom is 0.416 e. The van der Waals surface area contributed by atoms with Crippen molar-refractivity contribution in [1.29, 1.82) is 0 Å². The molecule has 20 heavy (non-hydrogen) atoms. The number of nitrogens with two attached hydrogens (primary N) is 1. The lowest BCUT2D eigenvalue weighted by molar-refractivity contribution is -0.137. The van der Waals surface area contributed by atoms with Crippen LogP contribution in [0.1, 0.15) is 5.56 Å². The van der Waals surface area contributed by atoms with Crippen molar-refractivity contribution in [2.24, 2.45) is 0 Å². The van der Waals surface area contributed by atoms with Gasteiger partial charge in [0.05, 0.1) is 15.6 Å². The molecule has 1 aromatic carbocycles. The van der Waals surface area contributed by atoms with Gasteiger partial charge in [-0.05, 0) is 30.3 Å².